The molecule has 0 fully saturated rings. The minimum Gasteiger partial charge on any atom is -0.293 e. The van der Waals surface area contributed by atoms with Crippen LogP contribution in [-0.4, -0.2) is 34.4 Å². The van der Waals surface area contributed by atoms with Crippen LogP contribution in [0.1, 0.15) is 41.5 Å². The third-order valence-corrected chi connectivity index (χ3v) is 2.24. The number of hydrogen-bond acceptors (Lipinski definition) is 6. The van der Waals surface area contributed by atoms with Gasteiger partial charge in [0, 0.05) is 13.8 Å². The van der Waals surface area contributed by atoms with Crippen molar-refractivity contribution < 1.29 is 9.59 Å². The van der Waals surface area contributed by atoms with E-state index in [2.05, 4.69) is 20.4 Å². The standard InChI is InChI=1S/C12H18N4O2/c1-7(13-15-9(3)11(5)17)8(2)14-16-10(4)12(6)18/h1-6H3. The van der Waals surface area contributed by atoms with Crippen molar-refractivity contribution in [3.63, 3.8) is 0 Å². The summed E-state index contributed by atoms with van der Waals surface area (Å²) < 4.78 is 0. The normalized spacial score (nSPS) is 14.8. The van der Waals surface area contributed by atoms with Crippen molar-refractivity contribution in [3.05, 3.63) is 0 Å². The first-order chi connectivity index (χ1) is 8.25. The average Bonchev–Trinajstić information content (AvgIpc) is 2.31. The van der Waals surface area contributed by atoms with Crippen molar-refractivity contribution >= 4 is 34.4 Å². The van der Waals surface area contributed by atoms with Gasteiger partial charge < -0.3 is 0 Å². The molecule has 0 atom stereocenters. The Morgan fingerprint density at radius 3 is 0.944 bits per heavy atom. The second-order valence-corrected chi connectivity index (χ2v) is 3.85. The van der Waals surface area contributed by atoms with Gasteiger partial charge in [-0.25, -0.2) is 0 Å². The molecule has 0 aliphatic rings. The molecule has 0 aliphatic heterocycles. The van der Waals surface area contributed by atoms with Gasteiger partial charge in [-0.1, -0.05) is 0 Å². The highest BCUT2D eigenvalue weighted by Crippen LogP contribution is 1.91. The van der Waals surface area contributed by atoms with Crippen LogP contribution in [0, 0.1) is 0 Å². The van der Waals surface area contributed by atoms with E-state index in [1.54, 1.807) is 27.7 Å². The lowest BCUT2D eigenvalue weighted by molar-refractivity contribution is -0.111. The summed E-state index contributed by atoms with van der Waals surface area (Å²) >= 11 is 0. The van der Waals surface area contributed by atoms with Crippen LogP contribution in [-0.2, 0) is 9.59 Å². The highest BCUT2D eigenvalue weighted by molar-refractivity contribution is 6.42. The molecule has 0 aromatic rings. The third kappa shape index (κ3) is 5.93. The molecular weight excluding hydrogens is 232 g/mol. The van der Waals surface area contributed by atoms with Crippen LogP contribution in [0.3, 0.4) is 0 Å². The third-order valence-electron chi connectivity index (χ3n) is 2.24. The van der Waals surface area contributed by atoms with E-state index in [0.29, 0.717) is 22.8 Å². The van der Waals surface area contributed by atoms with Crippen LogP contribution in [0.2, 0.25) is 0 Å². The molecule has 0 unspecified atom stereocenters. The van der Waals surface area contributed by atoms with Gasteiger partial charge in [-0.15, -0.1) is 0 Å². The van der Waals surface area contributed by atoms with E-state index in [0.717, 1.165) is 0 Å². The van der Waals surface area contributed by atoms with E-state index in [-0.39, 0.29) is 11.6 Å². The maximum Gasteiger partial charge on any atom is 0.175 e. The van der Waals surface area contributed by atoms with Gasteiger partial charge in [-0.2, -0.15) is 20.4 Å². The van der Waals surface area contributed by atoms with E-state index in [9.17, 15) is 9.59 Å². The quantitative estimate of drug-likeness (QED) is 0.551. The van der Waals surface area contributed by atoms with Crippen molar-refractivity contribution in [2.45, 2.75) is 41.5 Å². The van der Waals surface area contributed by atoms with E-state index in [1.807, 2.05) is 0 Å². The minimum atomic E-state index is -0.133. The molecule has 98 valence electrons. The summed E-state index contributed by atoms with van der Waals surface area (Å²) in [6.07, 6.45) is 0. The zero-order valence-corrected chi connectivity index (χ0v) is 11.6. The number of rotatable bonds is 5. The fraction of sp³-hybridized carbons (Fsp3) is 0.500. The van der Waals surface area contributed by atoms with Gasteiger partial charge in [-0.05, 0) is 27.7 Å². The first kappa shape index (κ1) is 16.0. The summed E-state index contributed by atoms with van der Waals surface area (Å²) in [6.45, 7) is 9.42. The molecule has 0 N–H and O–H groups in total. The summed E-state index contributed by atoms with van der Waals surface area (Å²) in [5.74, 6) is -0.266. The number of nitrogens with zero attached hydrogens (tertiary/aromatic N) is 4. The van der Waals surface area contributed by atoms with E-state index >= 15 is 0 Å². The number of hydrogen-bond donors (Lipinski definition) is 0. The second kappa shape index (κ2) is 7.37. The Labute approximate surface area is 107 Å². The molecule has 0 aliphatic carbocycles. The molecule has 0 bridgehead atoms. The molecule has 0 rings (SSSR count). The topological polar surface area (TPSA) is 83.6 Å². The lowest BCUT2D eigenvalue weighted by atomic mass is 10.3. The van der Waals surface area contributed by atoms with Crippen LogP contribution in [0.5, 0.6) is 0 Å². The second-order valence-electron chi connectivity index (χ2n) is 3.85. The van der Waals surface area contributed by atoms with Gasteiger partial charge >= 0.3 is 0 Å². The summed E-state index contributed by atoms with van der Waals surface area (Å²) in [7, 11) is 0. The monoisotopic (exact) mass is 250 g/mol. The Bertz CT molecular complexity index is 426. The molecule has 0 aromatic carbocycles. The molecule has 0 saturated heterocycles. The van der Waals surface area contributed by atoms with Crippen molar-refractivity contribution in [2.24, 2.45) is 20.4 Å². The zero-order valence-electron chi connectivity index (χ0n) is 11.6. The fourth-order valence-corrected chi connectivity index (χ4v) is 0.586. The highest BCUT2D eigenvalue weighted by Gasteiger charge is 2.00. The van der Waals surface area contributed by atoms with Crippen LogP contribution in [0.4, 0.5) is 0 Å². The molecule has 0 radical (unpaired) electrons. The Kier molecular flexibility index (Phi) is 6.56. The Morgan fingerprint density at radius 1 is 0.500 bits per heavy atom. The van der Waals surface area contributed by atoms with Gasteiger partial charge in [0.1, 0.15) is 11.4 Å². The number of carbonyl (C=O) groups excluding carboxylic acids is 2. The molecule has 6 heteroatoms. The van der Waals surface area contributed by atoms with E-state index in [4.69, 9.17) is 0 Å². The fourth-order valence-electron chi connectivity index (χ4n) is 0.586. The Hall–Kier alpha value is -1.98. The van der Waals surface area contributed by atoms with Crippen LogP contribution >= 0.6 is 0 Å². The van der Waals surface area contributed by atoms with Crippen LogP contribution in [0.25, 0.3) is 0 Å². The summed E-state index contributed by atoms with van der Waals surface area (Å²) in [5, 5.41) is 15.3. The summed E-state index contributed by atoms with van der Waals surface area (Å²) in [4.78, 5) is 21.9. The molecule has 0 amide bonds. The highest BCUT2D eigenvalue weighted by atomic mass is 16.1. The Morgan fingerprint density at radius 2 is 0.722 bits per heavy atom. The predicted molar refractivity (Wildman–Crippen MR) is 73.8 cm³/mol. The summed E-state index contributed by atoms with van der Waals surface area (Å²) in [6, 6.07) is 0. The number of Topliss-reactive ketones (excluding diaryl/α,β-unsaturated/α-hetero) is 2. The maximum atomic E-state index is 10.9. The molecule has 0 aromatic heterocycles. The Balaban J connectivity index is 4.96. The van der Waals surface area contributed by atoms with Crippen molar-refractivity contribution in [2.75, 3.05) is 0 Å². The predicted octanol–water partition coefficient (Wildman–Crippen LogP) is 1.84. The molecule has 6 nitrogen and oxygen atoms in total. The zero-order chi connectivity index (χ0) is 14.3. The summed E-state index contributed by atoms with van der Waals surface area (Å²) in [5.41, 5.74) is 1.72. The average molecular weight is 250 g/mol. The van der Waals surface area contributed by atoms with Gasteiger partial charge in [0.2, 0.25) is 0 Å². The molecular formula is C12H18N4O2. The van der Waals surface area contributed by atoms with Crippen LogP contribution < -0.4 is 0 Å². The minimum absolute atomic E-state index is 0.133. The van der Waals surface area contributed by atoms with Gasteiger partial charge in [0.15, 0.2) is 11.6 Å². The molecule has 18 heavy (non-hydrogen) atoms. The van der Waals surface area contributed by atoms with Crippen LogP contribution in [0.15, 0.2) is 20.4 Å². The van der Waals surface area contributed by atoms with Crippen molar-refractivity contribution in [3.8, 4) is 0 Å². The first-order valence-corrected chi connectivity index (χ1v) is 5.45. The van der Waals surface area contributed by atoms with Gasteiger partial charge in [0.25, 0.3) is 0 Å². The van der Waals surface area contributed by atoms with Gasteiger partial charge in [-0.3, -0.25) is 9.59 Å². The lowest BCUT2D eigenvalue weighted by Crippen LogP contribution is -2.08. The van der Waals surface area contributed by atoms with Gasteiger partial charge in [0.05, 0.1) is 11.4 Å². The van der Waals surface area contributed by atoms with E-state index < -0.39 is 0 Å². The molecule has 0 saturated carbocycles. The van der Waals surface area contributed by atoms with Crippen molar-refractivity contribution in [1.29, 1.82) is 0 Å². The number of carbonyl (C=O) groups is 2. The molecule has 0 spiro atoms. The lowest BCUT2D eigenvalue weighted by Gasteiger charge is -1.96. The number of ketones is 2. The maximum absolute atomic E-state index is 10.9. The SMILES string of the molecule is CC(=O)C(C)=NN=C(C)C(C)=NN=C(C)C(C)=O. The van der Waals surface area contributed by atoms with Crippen molar-refractivity contribution in [1.82, 2.24) is 0 Å². The first-order valence-electron chi connectivity index (χ1n) is 5.45. The largest absolute Gasteiger partial charge is 0.293 e. The van der Waals surface area contributed by atoms with E-state index in [1.165, 1.54) is 13.8 Å². The smallest absolute Gasteiger partial charge is 0.175 e. The molecule has 0 heterocycles.